The third-order valence-corrected chi connectivity index (χ3v) is 1.70. The molecule has 0 saturated carbocycles. The normalized spacial score (nSPS) is 11.3. The highest BCUT2D eigenvalue weighted by atomic mass is 19.4. The van der Waals surface area contributed by atoms with Gasteiger partial charge in [0.2, 0.25) is 0 Å². The highest BCUT2D eigenvalue weighted by Gasteiger charge is 2.57. The average Bonchev–Trinajstić information content (AvgIpc) is 2.31. The summed E-state index contributed by atoms with van der Waals surface area (Å²) in [4.78, 5) is 9.90. The molecule has 0 spiro atoms. The molecule has 0 aliphatic rings. The summed E-state index contributed by atoms with van der Waals surface area (Å²) in [6, 6.07) is 5.95. The monoisotopic (exact) mass is 306 g/mol. The summed E-state index contributed by atoms with van der Waals surface area (Å²) >= 11 is 0. The van der Waals surface area contributed by atoms with E-state index in [-0.39, 0.29) is 11.4 Å². The Morgan fingerprint density at radius 3 is 2.00 bits per heavy atom. The second-order valence-electron chi connectivity index (χ2n) is 3.22. The van der Waals surface area contributed by atoms with Crippen molar-refractivity contribution in [2.75, 3.05) is 12.1 Å². The van der Waals surface area contributed by atoms with Crippen LogP contribution in [0.15, 0.2) is 24.3 Å². The summed E-state index contributed by atoms with van der Waals surface area (Å²) in [5, 5.41) is 18.2. The van der Waals surface area contributed by atoms with Gasteiger partial charge < -0.3 is 5.11 Å². The summed E-state index contributed by atoms with van der Waals surface area (Å²) in [6.45, 7) is -2.70. The number of anilines is 1. The van der Waals surface area contributed by atoms with E-state index in [9.17, 15) is 36.5 Å². The van der Waals surface area contributed by atoms with Gasteiger partial charge in [-0.15, -0.1) is 5.43 Å². The molecule has 0 radical (unpaired) electrons. The van der Waals surface area contributed by atoms with E-state index < -0.39 is 23.8 Å². The molecule has 5 nitrogen and oxygen atoms in total. The predicted octanol–water partition coefficient (Wildman–Crippen LogP) is 3.15. The van der Waals surface area contributed by atoms with E-state index in [1.807, 2.05) is 5.43 Å². The number of hydrogen-bond acceptors (Lipinski definition) is 3. The van der Waals surface area contributed by atoms with E-state index in [1.165, 1.54) is 12.1 Å². The van der Waals surface area contributed by atoms with Crippen LogP contribution in [-0.2, 0) is 0 Å². The molecule has 0 amide bonds. The first-order chi connectivity index (χ1) is 9.01. The lowest BCUT2D eigenvalue weighted by Crippen LogP contribution is -2.38. The number of para-hydroxylation sites is 2. The minimum Gasteiger partial charge on any atom is -0.506 e. The van der Waals surface area contributed by atoms with Gasteiger partial charge in [-0.1, -0.05) is 12.1 Å². The first-order valence-electron chi connectivity index (χ1n) is 4.71. The molecule has 0 fully saturated rings. The number of nitrogens with zero attached hydrogens (tertiary/aromatic N) is 1. The fraction of sp³-hybridized carbons (Fsp3) is 0.333. The van der Waals surface area contributed by atoms with Gasteiger partial charge >= 0.3 is 12.1 Å². The minimum atomic E-state index is -5.76. The van der Waals surface area contributed by atoms with Crippen LogP contribution in [0.1, 0.15) is 0 Å². The lowest BCUT2D eigenvalue weighted by atomic mass is 10.3. The highest BCUT2D eigenvalue weighted by Crippen LogP contribution is 2.35. The summed E-state index contributed by atoms with van der Waals surface area (Å²) in [5.41, 5.74) is 1.94. The SMILES string of the molecule is FCC(F)(F)C(F)(F)F.O=[N+]([O-])Nc1ccccc1O. The van der Waals surface area contributed by atoms with Crippen molar-refractivity contribution in [2.45, 2.75) is 12.1 Å². The first kappa shape index (κ1) is 17.8. The average molecular weight is 306 g/mol. The topological polar surface area (TPSA) is 75.4 Å². The van der Waals surface area contributed by atoms with Crippen LogP contribution < -0.4 is 5.43 Å². The third-order valence-electron chi connectivity index (χ3n) is 1.70. The molecule has 0 bridgehead atoms. The number of alkyl halides is 6. The second kappa shape index (κ2) is 6.82. The molecule has 114 valence electrons. The van der Waals surface area contributed by atoms with Gasteiger partial charge in [-0.3, -0.25) is 0 Å². The largest absolute Gasteiger partial charge is 0.506 e. The molecule has 0 aliphatic heterocycles. The molecule has 1 aromatic carbocycles. The molecule has 0 unspecified atom stereocenters. The lowest BCUT2D eigenvalue weighted by Gasteiger charge is -2.14. The van der Waals surface area contributed by atoms with Crippen molar-refractivity contribution in [2.24, 2.45) is 0 Å². The Labute approximate surface area is 107 Å². The number of aromatic hydroxyl groups is 1. The Balaban J connectivity index is 0.000000370. The van der Waals surface area contributed by atoms with E-state index in [0.29, 0.717) is 0 Å². The van der Waals surface area contributed by atoms with Crippen LogP contribution in [0.3, 0.4) is 0 Å². The zero-order valence-electron chi connectivity index (χ0n) is 9.50. The molecule has 20 heavy (non-hydrogen) atoms. The van der Waals surface area contributed by atoms with Crippen molar-refractivity contribution in [3.8, 4) is 5.75 Å². The molecule has 11 heteroatoms. The molecular weight excluding hydrogens is 298 g/mol. The zero-order chi connectivity index (χ0) is 16.0. The van der Waals surface area contributed by atoms with E-state index in [2.05, 4.69) is 0 Å². The number of nitro groups is 1. The predicted molar refractivity (Wildman–Crippen MR) is 55.7 cm³/mol. The van der Waals surface area contributed by atoms with Crippen LogP contribution in [0, 0.1) is 10.1 Å². The van der Waals surface area contributed by atoms with E-state index in [0.717, 1.165) is 0 Å². The number of hydrazine groups is 1. The van der Waals surface area contributed by atoms with Gasteiger partial charge in [0.05, 0.1) is 0 Å². The Morgan fingerprint density at radius 1 is 1.20 bits per heavy atom. The van der Waals surface area contributed by atoms with Gasteiger partial charge in [-0.2, -0.15) is 22.0 Å². The van der Waals surface area contributed by atoms with E-state index >= 15 is 0 Å². The number of phenols is 1. The Kier molecular flexibility index (Phi) is 6.07. The maximum absolute atomic E-state index is 11.2. The molecule has 0 heterocycles. The number of nitrogens with one attached hydrogen (secondary N) is 1. The first-order valence-corrected chi connectivity index (χ1v) is 4.71. The second-order valence-corrected chi connectivity index (χ2v) is 3.22. The number of benzene rings is 1. The maximum atomic E-state index is 11.2. The standard InChI is InChI=1S/C6H6N2O3.C3H2F6/c9-6-4-2-1-3-5(6)7-8(10)11;4-1-2(5,6)3(7,8)9/h1-4,7,9H;1H2. The van der Waals surface area contributed by atoms with E-state index in [4.69, 9.17) is 5.11 Å². The molecular formula is C9H8F6N2O3. The molecule has 0 aromatic heterocycles. The Morgan fingerprint density at radius 2 is 1.70 bits per heavy atom. The number of halogens is 6. The molecule has 2 N–H and O–H groups in total. The van der Waals surface area contributed by atoms with Gasteiger partial charge in [0, 0.05) is 0 Å². The lowest BCUT2D eigenvalue weighted by molar-refractivity contribution is -0.445. The Hall–Kier alpha value is -2.20. The summed E-state index contributed by atoms with van der Waals surface area (Å²) in [7, 11) is 0. The highest BCUT2D eigenvalue weighted by molar-refractivity contribution is 5.53. The number of rotatable bonds is 3. The fourth-order valence-electron chi connectivity index (χ4n) is 0.742. The van der Waals surface area contributed by atoms with Gasteiger partial charge in [-0.05, 0) is 12.1 Å². The van der Waals surface area contributed by atoms with Crippen molar-refractivity contribution in [1.29, 1.82) is 0 Å². The molecule has 1 aromatic rings. The fourth-order valence-corrected chi connectivity index (χ4v) is 0.742. The maximum Gasteiger partial charge on any atom is 0.456 e. The van der Waals surface area contributed by atoms with E-state index in [1.54, 1.807) is 12.1 Å². The molecule has 0 aliphatic carbocycles. The summed E-state index contributed by atoms with van der Waals surface area (Å²) in [5.74, 6) is -5.32. The van der Waals surface area contributed by atoms with Crippen LogP contribution >= 0.6 is 0 Å². The van der Waals surface area contributed by atoms with Gasteiger partial charge in [0.1, 0.15) is 11.4 Å². The van der Waals surface area contributed by atoms with Crippen LogP contribution in [-0.4, -0.2) is 28.9 Å². The molecule has 1 rings (SSSR count). The van der Waals surface area contributed by atoms with Crippen LogP contribution in [0.4, 0.5) is 32.0 Å². The number of hydrogen-bond donors (Lipinski definition) is 2. The van der Waals surface area contributed by atoms with Crippen molar-refractivity contribution < 1.29 is 36.5 Å². The quantitative estimate of drug-likeness (QED) is 0.389. The van der Waals surface area contributed by atoms with Gasteiger partial charge in [-0.25, -0.2) is 14.5 Å². The summed E-state index contributed by atoms with van der Waals surface area (Å²) in [6.07, 6.45) is -5.76. The van der Waals surface area contributed by atoms with Crippen molar-refractivity contribution >= 4 is 5.69 Å². The van der Waals surface area contributed by atoms with Crippen molar-refractivity contribution in [3.63, 3.8) is 0 Å². The zero-order valence-corrected chi connectivity index (χ0v) is 9.50. The Bertz CT molecular complexity index is 452. The molecule has 0 saturated heterocycles. The van der Waals surface area contributed by atoms with Crippen molar-refractivity contribution in [1.82, 2.24) is 0 Å². The molecule has 0 atom stereocenters. The minimum absolute atomic E-state index is 0.0949. The third kappa shape index (κ3) is 5.63. The number of phenolic OH excluding ortho intramolecular Hbond substituents is 1. The van der Waals surface area contributed by atoms with Gasteiger partial charge in [0.25, 0.3) is 0 Å². The van der Waals surface area contributed by atoms with Crippen LogP contribution in [0.2, 0.25) is 0 Å². The van der Waals surface area contributed by atoms with Gasteiger partial charge in [0.15, 0.2) is 11.7 Å². The van der Waals surface area contributed by atoms with Crippen LogP contribution in [0.25, 0.3) is 0 Å². The van der Waals surface area contributed by atoms with Crippen molar-refractivity contribution in [3.05, 3.63) is 34.4 Å². The smallest absolute Gasteiger partial charge is 0.456 e. The van der Waals surface area contributed by atoms with Crippen LogP contribution in [0.5, 0.6) is 5.75 Å². The summed E-state index contributed by atoms with van der Waals surface area (Å²) < 4.78 is 65.6.